The number of likely N-dealkylation sites (tertiary alicyclic amines) is 2. The molecule has 2 aliphatic heterocycles. The third kappa shape index (κ3) is 3.69. The lowest BCUT2D eigenvalue weighted by molar-refractivity contribution is -0.135. The SMILES string of the molecule is CC1CCN(C(=O)CN2C(C)CCCC2CN)CC1. The van der Waals surface area contributed by atoms with Crippen LogP contribution in [0.4, 0.5) is 0 Å². The summed E-state index contributed by atoms with van der Waals surface area (Å²) in [6.45, 7) is 7.63. The molecule has 2 rings (SSSR count). The highest BCUT2D eigenvalue weighted by molar-refractivity contribution is 5.78. The van der Waals surface area contributed by atoms with E-state index < -0.39 is 0 Å². The fourth-order valence-corrected chi connectivity index (χ4v) is 3.39. The van der Waals surface area contributed by atoms with Crippen LogP contribution in [-0.4, -0.2) is 54.0 Å². The molecule has 19 heavy (non-hydrogen) atoms. The smallest absolute Gasteiger partial charge is 0.236 e. The van der Waals surface area contributed by atoms with Gasteiger partial charge < -0.3 is 10.6 Å². The minimum Gasteiger partial charge on any atom is -0.342 e. The number of nitrogens with two attached hydrogens (primary N) is 1. The molecule has 2 fully saturated rings. The molecule has 2 heterocycles. The Morgan fingerprint density at radius 1 is 1.16 bits per heavy atom. The van der Waals surface area contributed by atoms with Gasteiger partial charge in [-0.2, -0.15) is 0 Å². The molecule has 0 radical (unpaired) electrons. The second kappa shape index (κ2) is 6.71. The van der Waals surface area contributed by atoms with Crippen LogP contribution in [0.3, 0.4) is 0 Å². The van der Waals surface area contributed by atoms with Crippen LogP contribution in [-0.2, 0) is 4.79 Å². The number of carbonyl (C=O) groups excluding carboxylic acids is 1. The third-order valence-corrected chi connectivity index (χ3v) is 4.92. The van der Waals surface area contributed by atoms with Gasteiger partial charge in [-0.15, -0.1) is 0 Å². The zero-order valence-electron chi connectivity index (χ0n) is 12.5. The maximum atomic E-state index is 12.4. The summed E-state index contributed by atoms with van der Waals surface area (Å²) in [5.74, 6) is 1.08. The summed E-state index contributed by atoms with van der Waals surface area (Å²) < 4.78 is 0. The van der Waals surface area contributed by atoms with Gasteiger partial charge in [-0.05, 0) is 38.5 Å². The number of hydrogen-bond acceptors (Lipinski definition) is 3. The minimum atomic E-state index is 0.305. The predicted molar refractivity (Wildman–Crippen MR) is 77.8 cm³/mol. The zero-order valence-corrected chi connectivity index (χ0v) is 12.5. The van der Waals surface area contributed by atoms with Crippen LogP contribution in [0.2, 0.25) is 0 Å². The first kappa shape index (κ1) is 14.8. The second-order valence-corrected chi connectivity index (χ2v) is 6.41. The Kier molecular flexibility index (Phi) is 5.22. The molecule has 0 aliphatic carbocycles. The molecule has 2 saturated heterocycles. The monoisotopic (exact) mass is 267 g/mol. The van der Waals surface area contributed by atoms with E-state index in [1.54, 1.807) is 0 Å². The normalized spacial score (nSPS) is 30.6. The van der Waals surface area contributed by atoms with E-state index in [2.05, 4.69) is 23.6 Å². The van der Waals surface area contributed by atoms with Crippen LogP contribution in [0.15, 0.2) is 0 Å². The zero-order chi connectivity index (χ0) is 13.8. The fourth-order valence-electron chi connectivity index (χ4n) is 3.39. The van der Waals surface area contributed by atoms with Gasteiger partial charge in [0.05, 0.1) is 6.54 Å². The van der Waals surface area contributed by atoms with Crippen molar-refractivity contribution in [3.63, 3.8) is 0 Å². The first-order valence-electron chi connectivity index (χ1n) is 7.85. The largest absolute Gasteiger partial charge is 0.342 e. The van der Waals surface area contributed by atoms with Gasteiger partial charge in [0.1, 0.15) is 0 Å². The first-order valence-corrected chi connectivity index (χ1v) is 7.85. The summed E-state index contributed by atoms with van der Waals surface area (Å²) in [5.41, 5.74) is 5.86. The molecule has 0 aromatic rings. The molecule has 4 heteroatoms. The van der Waals surface area contributed by atoms with Crippen LogP contribution in [0.25, 0.3) is 0 Å². The Balaban J connectivity index is 1.89. The van der Waals surface area contributed by atoms with Crippen LogP contribution in [0, 0.1) is 5.92 Å². The molecular formula is C15H29N3O. The maximum Gasteiger partial charge on any atom is 0.236 e. The van der Waals surface area contributed by atoms with E-state index >= 15 is 0 Å². The van der Waals surface area contributed by atoms with Gasteiger partial charge in [0.15, 0.2) is 0 Å². The van der Waals surface area contributed by atoms with Crippen molar-refractivity contribution in [2.24, 2.45) is 11.7 Å². The van der Waals surface area contributed by atoms with E-state index in [1.807, 2.05) is 0 Å². The molecule has 0 bridgehead atoms. The van der Waals surface area contributed by atoms with Gasteiger partial charge in [-0.3, -0.25) is 9.69 Å². The molecule has 0 saturated carbocycles. The van der Waals surface area contributed by atoms with Gasteiger partial charge in [-0.25, -0.2) is 0 Å². The van der Waals surface area contributed by atoms with Crippen molar-refractivity contribution in [3.8, 4) is 0 Å². The van der Waals surface area contributed by atoms with Gasteiger partial charge in [0.2, 0.25) is 5.91 Å². The number of hydrogen-bond donors (Lipinski definition) is 1. The fraction of sp³-hybridized carbons (Fsp3) is 0.933. The van der Waals surface area contributed by atoms with E-state index in [0.29, 0.717) is 31.1 Å². The molecule has 2 aliphatic rings. The lowest BCUT2D eigenvalue weighted by Crippen LogP contribution is -2.53. The molecular weight excluding hydrogens is 238 g/mol. The summed E-state index contributed by atoms with van der Waals surface area (Å²) >= 11 is 0. The highest BCUT2D eigenvalue weighted by atomic mass is 16.2. The molecule has 0 aromatic carbocycles. The average molecular weight is 267 g/mol. The van der Waals surface area contributed by atoms with Crippen molar-refractivity contribution in [1.29, 1.82) is 0 Å². The van der Waals surface area contributed by atoms with Gasteiger partial charge >= 0.3 is 0 Å². The van der Waals surface area contributed by atoms with Crippen molar-refractivity contribution in [3.05, 3.63) is 0 Å². The van der Waals surface area contributed by atoms with Crippen molar-refractivity contribution < 1.29 is 4.79 Å². The number of nitrogens with zero attached hydrogens (tertiary/aromatic N) is 2. The van der Waals surface area contributed by atoms with Crippen LogP contribution >= 0.6 is 0 Å². The number of amides is 1. The Morgan fingerprint density at radius 2 is 1.84 bits per heavy atom. The lowest BCUT2D eigenvalue weighted by Gasteiger charge is -2.41. The van der Waals surface area contributed by atoms with Gasteiger partial charge in [-0.1, -0.05) is 13.3 Å². The molecule has 1 amide bonds. The molecule has 2 atom stereocenters. The maximum absolute atomic E-state index is 12.4. The number of carbonyl (C=O) groups is 1. The highest BCUT2D eigenvalue weighted by Gasteiger charge is 2.30. The quantitative estimate of drug-likeness (QED) is 0.842. The summed E-state index contributed by atoms with van der Waals surface area (Å²) in [5, 5.41) is 0. The molecule has 110 valence electrons. The third-order valence-electron chi connectivity index (χ3n) is 4.92. The van der Waals surface area contributed by atoms with E-state index in [9.17, 15) is 4.79 Å². The van der Waals surface area contributed by atoms with E-state index in [1.165, 1.54) is 12.8 Å². The van der Waals surface area contributed by atoms with Gasteiger partial charge in [0.25, 0.3) is 0 Å². The van der Waals surface area contributed by atoms with E-state index in [-0.39, 0.29) is 0 Å². The second-order valence-electron chi connectivity index (χ2n) is 6.41. The summed E-state index contributed by atoms with van der Waals surface area (Å²) in [6, 6.07) is 0.895. The van der Waals surface area contributed by atoms with Crippen LogP contribution in [0.5, 0.6) is 0 Å². The Morgan fingerprint density at radius 3 is 2.47 bits per heavy atom. The van der Waals surface area contributed by atoms with Crippen molar-refractivity contribution in [1.82, 2.24) is 9.80 Å². The van der Waals surface area contributed by atoms with E-state index in [4.69, 9.17) is 5.73 Å². The topological polar surface area (TPSA) is 49.6 Å². The van der Waals surface area contributed by atoms with Crippen molar-refractivity contribution >= 4 is 5.91 Å². The molecule has 2 N–H and O–H groups in total. The minimum absolute atomic E-state index is 0.305. The summed E-state index contributed by atoms with van der Waals surface area (Å²) in [6.07, 6.45) is 5.89. The Bertz CT molecular complexity index is 300. The molecule has 0 spiro atoms. The Labute approximate surface area is 117 Å². The highest BCUT2D eigenvalue weighted by Crippen LogP contribution is 2.23. The lowest BCUT2D eigenvalue weighted by atomic mass is 9.96. The summed E-state index contributed by atoms with van der Waals surface area (Å²) in [4.78, 5) is 16.8. The van der Waals surface area contributed by atoms with Crippen molar-refractivity contribution in [2.45, 2.75) is 58.0 Å². The van der Waals surface area contributed by atoms with Gasteiger partial charge in [0, 0.05) is 31.7 Å². The standard InChI is InChI=1S/C15H29N3O/c1-12-6-8-17(9-7-12)15(19)11-18-13(2)4-3-5-14(18)10-16/h12-14H,3-11,16H2,1-2H3. The molecule has 4 nitrogen and oxygen atoms in total. The van der Waals surface area contributed by atoms with Crippen LogP contribution in [0.1, 0.15) is 46.0 Å². The van der Waals surface area contributed by atoms with Crippen molar-refractivity contribution in [2.75, 3.05) is 26.2 Å². The average Bonchev–Trinajstić information content (AvgIpc) is 2.41. The van der Waals surface area contributed by atoms with E-state index in [0.717, 1.165) is 38.3 Å². The number of rotatable bonds is 3. The molecule has 2 unspecified atom stereocenters. The number of piperidine rings is 2. The predicted octanol–water partition coefficient (Wildman–Crippen LogP) is 1.45. The summed E-state index contributed by atoms with van der Waals surface area (Å²) in [7, 11) is 0. The van der Waals surface area contributed by atoms with Crippen LogP contribution < -0.4 is 5.73 Å². The first-order chi connectivity index (χ1) is 9.11. The Hall–Kier alpha value is -0.610. The molecule has 0 aromatic heterocycles.